The van der Waals surface area contributed by atoms with Gasteiger partial charge in [0.1, 0.15) is 0 Å². The molecule has 0 spiro atoms. The molecule has 3 N–H and O–H groups in total. The van der Waals surface area contributed by atoms with E-state index < -0.39 is 0 Å². The minimum absolute atomic E-state index is 0.120. The Bertz CT molecular complexity index is 325. The van der Waals surface area contributed by atoms with Gasteiger partial charge in [-0.25, -0.2) is 0 Å². The van der Waals surface area contributed by atoms with E-state index in [2.05, 4.69) is 17.4 Å². The fraction of sp³-hybridized carbons (Fsp3) is 0.700. The van der Waals surface area contributed by atoms with Crippen LogP contribution in [0.4, 0.5) is 0 Å². The molecule has 1 saturated heterocycles. The van der Waals surface area contributed by atoms with Crippen LogP contribution in [0.3, 0.4) is 0 Å². The summed E-state index contributed by atoms with van der Waals surface area (Å²) in [5.74, 6) is 6.05. The summed E-state index contributed by atoms with van der Waals surface area (Å²) < 4.78 is 7.42. The Morgan fingerprint density at radius 2 is 2.53 bits per heavy atom. The zero-order valence-electron chi connectivity index (χ0n) is 9.18. The highest BCUT2D eigenvalue weighted by Crippen LogP contribution is 2.32. The van der Waals surface area contributed by atoms with Crippen LogP contribution in [0.1, 0.15) is 25.1 Å². The maximum atomic E-state index is 5.63. The first-order valence-corrected chi connectivity index (χ1v) is 5.29. The third kappa shape index (κ3) is 1.90. The van der Waals surface area contributed by atoms with Crippen molar-refractivity contribution >= 4 is 0 Å². The fourth-order valence-corrected chi connectivity index (χ4v) is 2.30. The molecule has 2 heterocycles. The van der Waals surface area contributed by atoms with Crippen LogP contribution in [0.15, 0.2) is 12.3 Å². The largest absolute Gasteiger partial charge is 0.378 e. The zero-order valence-corrected chi connectivity index (χ0v) is 9.18. The van der Waals surface area contributed by atoms with Crippen LogP contribution in [0.25, 0.3) is 0 Å². The van der Waals surface area contributed by atoms with E-state index in [9.17, 15) is 0 Å². The summed E-state index contributed by atoms with van der Waals surface area (Å²) in [7, 11) is 1.93. The highest BCUT2D eigenvalue weighted by Gasteiger charge is 2.33. The van der Waals surface area contributed by atoms with Gasteiger partial charge in [-0.15, -0.1) is 0 Å². The number of hydrazine groups is 1. The number of nitrogens with two attached hydrogens (primary N) is 1. The molecule has 15 heavy (non-hydrogen) atoms. The number of hydrogen-bond donors (Lipinski definition) is 2. The number of hydrogen-bond acceptors (Lipinski definition) is 4. The molecular formula is C10H18N4O. The first-order valence-electron chi connectivity index (χ1n) is 5.29. The molecule has 0 aromatic carbocycles. The third-order valence-corrected chi connectivity index (χ3v) is 3.22. The molecule has 5 heteroatoms. The molecule has 0 radical (unpaired) electrons. The van der Waals surface area contributed by atoms with Gasteiger partial charge in [0.2, 0.25) is 0 Å². The molecule has 84 valence electrons. The third-order valence-electron chi connectivity index (χ3n) is 3.22. The Morgan fingerprint density at radius 3 is 3.00 bits per heavy atom. The molecule has 1 aromatic heterocycles. The predicted octanol–water partition coefficient (Wildman–Crippen LogP) is 0.349. The molecular weight excluding hydrogens is 192 g/mol. The van der Waals surface area contributed by atoms with Gasteiger partial charge in [-0.2, -0.15) is 5.10 Å². The van der Waals surface area contributed by atoms with Crippen LogP contribution in [0, 0.1) is 5.92 Å². The second kappa shape index (κ2) is 4.30. The van der Waals surface area contributed by atoms with Crippen LogP contribution in [0.2, 0.25) is 0 Å². The second-order valence-electron chi connectivity index (χ2n) is 4.05. The van der Waals surface area contributed by atoms with Crippen molar-refractivity contribution in [1.82, 2.24) is 15.2 Å². The highest BCUT2D eigenvalue weighted by atomic mass is 16.5. The Kier molecular flexibility index (Phi) is 3.04. The molecule has 1 aromatic rings. The summed E-state index contributed by atoms with van der Waals surface area (Å²) in [6.45, 7) is 2.92. The van der Waals surface area contributed by atoms with Gasteiger partial charge in [0.05, 0.1) is 17.8 Å². The van der Waals surface area contributed by atoms with Crippen molar-refractivity contribution in [2.45, 2.75) is 25.5 Å². The molecule has 0 bridgehead atoms. The standard InChI is InChI=1S/C10H18N4O/c1-7-8(4-6-15-7)10(13-11)9-3-5-12-14(9)2/h3,5,7-8,10,13H,4,6,11H2,1-2H3. The average molecular weight is 210 g/mol. The first-order chi connectivity index (χ1) is 7.24. The number of aryl methyl sites for hydroxylation is 1. The minimum Gasteiger partial charge on any atom is -0.378 e. The molecule has 0 aliphatic carbocycles. The van der Waals surface area contributed by atoms with Gasteiger partial charge in [-0.1, -0.05) is 0 Å². The lowest BCUT2D eigenvalue weighted by Gasteiger charge is -2.25. The second-order valence-corrected chi connectivity index (χ2v) is 4.05. The van der Waals surface area contributed by atoms with E-state index in [1.807, 2.05) is 17.8 Å². The number of nitrogens with one attached hydrogen (secondary N) is 1. The van der Waals surface area contributed by atoms with Crippen molar-refractivity contribution in [3.05, 3.63) is 18.0 Å². The van der Waals surface area contributed by atoms with Gasteiger partial charge < -0.3 is 4.74 Å². The van der Waals surface area contributed by atoms with Crippen molar-refractivity contribution in [2.24, 2.45) is 18.8 Å². The number of aromatic nitrogens is 2. The summed E-state index contributed by atoms with van der Waals surface area (Å²) in [5.41, 5.74) is 3.99. The van der Waals surface area contributed by atoms with Crippen LogP contribution >= 0.6 is 0 Å². The molecule has 1 fully saturated rings. The summed E-state index contributed by atoms with van der Waals surface area (Å²) >= 11 is 0. The predicted molar refractivity (Wildman–Crippen MR) is 56.8 cm³/mol. The van der Waals surface area contributed by atoms with E-state index in [0.29, 0.717) is 5.92 Å². The Labute approximate surface area is 89.6 Å². The summed E-state index contributed by atoms with van der Waals surface area (Å²) in [5, 5.41) is 4.16. The molecule has 2 rings (SSSR count). The number of ether oxygens (including phenoxy) is 1. The Morgan fingerprint density at radius 1 is 1.73 bits per heavy atom. The normalized spacial score (nSPS) is 28.2. The fourth-order valence-electron chi connectivity index (χ4n) is 2.30. The minimum atomic E-state index is 0.120. The van der Waals surface area contributed by atoms with E-state index in [4.69, 9.17) is 10.6 Å². The van der Waals surface area contributed by atoms with E-state index >= 15 is 0 Å². The van der Waals surface area contributed by atoms with Gasteiger partial charge in [0.25, 0.3) is 0 Å². The number of nitrogens with zero attached hydrogens (tertiary/aromatic N) is 2. The van der Waals surface area contributed by atoms with E-state index in [-0.39, 0.29) is 12.1 Å². The lowest BCUT2D eigenvalue weighted by atomic mass is 9.91. The molecule has 3 atom stereocenters. The smallest absolute Gasteiger partial charge is 0.0682 e. The maximum Gasteiger partial charge on any atom is 0.0682 e. The summed E-state index contributed by atoms with van der Waals surface area (Å²) in [4.78, 5) is 0. The highest BCUT2D eigenvalue weighted by molar-refractivity contribution is 5.09. The van der Waals surface area contributed by atoms with Crippen LogP contribution in [-0.2, 0) is 11.8 Å². The van der Waals surface area contributed by atoms with Gasteiger partial charge in [0.15, 0.2) is 0 Å². The zero-order chi connectivity index (χ0) is 10.8. The number of rotatable bonds is 3. The molecule has 5 nitrogen and oxygen atoms in total. The SMILES string of the molecule is CC1OCCC1C(NN)c1ccnn1C. The van der Waals surface area contributed by atoms with E-state index in [1.54, 1.807) is 6.20 Å². The van der Waals surface area contributed by atoms with Gasteiger partial charge in [0, 0.05) is 25.8 Å². The Hall–Kier alpha value is -0.910. The monoisotopic (exact) mass is 210 g/mol. The topological polar surface area (TPSA) is 65.1 Å². The lowest BCUT2D eigenvalue weighted by molar-refractivity contribution is 0.0944. The van der Waals surface area contributed by atoms with Crippen LogP contribution in [-0.4, -0.2) is 22.5 Å². The van der Waals surface area contributed by atoms with Crippen molar-refractivity contribution < 1.29 is 4.74 Å². The van der Waals surface area contributed by atoms with Crippen LogP contribution < -0.4 is 11.3 Å². The van der Waals surface area contributed by atoms with E-state index in [0.717, 1.165) is 18.7 Å². The van der Waals surface area contributed by atoms with Gasteiger partial charge in [-0.05, 0) is 19.4 Å². The summed E-state index contributed by atoms with van der Waals surface area (Å²) in [6, 6.07) is 2.12. The lowest BCUT2D eigenvalue weighted by Crippen LogP contribution is -2.37. The quantitative estimate of drug-likeness (QED) is 0.558. The molecule has 0 amide bonds. The van der Waals surface area contributed by atoms with Gasteiger partial charge in [-0.3, -0.25) is 16.0 Å². The van der Waals surface area contributed by atoms with Crippen molar-refractivity contribution in [2.75, 3.05) is 6.61 Å². The van der Waals surface area contributed by atoms with E-state index in [1.165, 1.54) is 0 Å². The van der Waals surface area contributed by atoms with Crippen molar-refractivity contribution in [1.29, 1.82) is 0 Å². The average Bonchev–Trinajstić information content (AvgIpc) is 2.80. The first kappa shape index (κ1) is 10.6. The molecule has 0 saturated carbocycles. The Balaban J connectivity index is 2.20. The van der Waals surface area contributed by atoms with Gasteiger partial charge >= 0.3 is 0 Å². The van der Waals surface area contributed by atoms with Crippen molar-refractivity contribution in [3.63, 3.8) is 0 Å². The molecule has 1 aliphatic heterocycles. The van der Waals surface area contributed by atoms with Crippen molar-refractivity contribution in [3.8, 4) is 0 Å². The maximum absolute atomic E-state index is 5.63. The van der Waals surface area contributed by atoms with Crippen LogP contribution in [0.5, 0.6) is 0 Å². The summed E-state index contributed by atoms with van der Waals surface area (Å²) in [6.07, 6.45) is 3.09. The molecule has 3 unspecified atom stereocenters. The molecule has 1 aliphatic rings.